The van der Waals surface area contributed by atoms with Gasteiger partial charge in [0.2, 0.25) is 0 Å². The number of phenolic OH excluding ortho intramolecular Hbond substituents is 1. The zero-order chi connectivity index (χ0) is 81.9. The van der Waals surface area contributed by atoms with E-state index in [2.05, 4.69) is 81.1 Å². The summed E-state index contributed by atoms with van der Waals surface area (Å²) < 4.78 is 98.3. The van der Waals surface area contributed by atoms with Crippen LogP contribution >= 0.6 is 0 Å². The minimum absolute atomic E-state index is 0.224. The highest BCUT2D eigenvalue weighted by Crippen LogP contribution is 2.31. The lowest BCUT2D eigenvalue weighted by molar-refractivity contribution is 0.474. The van der Waals surface area contributed by atoms with Crippen molar-refractivity contribution in [2.24, 2.45) is 0 Å². The number of nitrogens with two attached hydrogens (primary N) is 4. The third-order valence-electron chi connectivity index (χ3n) is 19.3. The molecule has 13 rings (SSSR count). The second kappa shape index (κ2) is 38.3. The predicted molar refractivity (Wildman–Crippen MR) is 456 cm³/mol. The Morgan fingerprint density at radius 3 is 0.974 bits per heavy atom. The first-order valence-electron chi connectivity index (χ1n) is 37.6. The van der Waals surface area contributed by atoms with Gasteiger partial charge in [-0.3, -0.25) is 0 Å². The second-order valence-electron chi connectivity index (χ2n) is 28.5. The smallest absolute Gasteiger partial charge is 0.180 e. The molecule has 0 bridgehead atoms. The molecular weight excluding hydrogens is 1510 g/mol. The molecule has 0 unspecified atom stereocenters. The van der Waals surface area contributed by atoms with Crippen molar-refractivity contribution in [3.05, 3.63) is 271 Å². The average Bonchev–Trinajstić information content (AvgIpc) is 0.808. The van der Waals surface area contributed by atoms with Crippen LogP contribution in [0.3, 0.4) is 0 Å². The lowest BCUT2D eigenvalue weighted by atomic mass is 10.1. The number of nitrogens with zero attached hydrogens (tertiary/aromatic N) is 10. The highest BCUT2D eigenvalue weighted by atomic mass is 32.2. The van der Waals surface area contributed by atoms with E-state index in [1.807, 2.05) is 60.7 Å². The van der Waals surface area contributed by atoms with Gasteiger partial charge in [0.15, 0.2) is 51.0 Å². The van der Waals surface area contributed by atoms with Gasteiger partial charge in [-0.15, -0.1) is 0 Å². The molecule has 0 saturated carbocycles. The number of para-hydroxylation sites is 1. The van der Waals surface area contributed by atoms with Crippen LogP contribution in [0.25, 0.3) is 45.0 Å². The average molecular weight is 1610 g/mol. The van der Waals surface area contributed by atoms with E-state index in [1.165, 1.54) is 16.8 Å². The van der Waals surface area contributed by atoms with Crippen LogP contribution < -0.4 is 32.7 Å². The van der Waals surface area contributed by atoms with Gasteiger partial charge in [-0.2, -0.15) is 0 Å². The monoisotopic (exact) mass is 1610 g/mol. The van der Waals surface area contributed by atoms with E-state index in [-0.39, 0.29) is 5.75 Å². The van der Waals surface area contributed by atoms with Gasteiger partial charge >= 0.3 is 0 Å². The van der Waals surface area contributed by atoms with Crippen molar-refractivity contribution in [3.63, 3.8) is 0 Å². The first-order valence-corrected chi connectivity index (χ1v) is 43.8. The minimum atomic E-state index is -3.31. The van der Waals surface area contributed by atoms with E-state index in [9.17, 15) is 38.8 Å². The molecule has 114 heavy (non-hydrogen) atoms. The number of hydrogen-bond donors (Lipinski definition) is 5. The van der Waals surface area contributed by atoms with Gasteiger partial charge in [0.1, 0.15) is 23.2 Å². The number of nitrogen functional groups attached to an aromatic ring is 4. The first-order chi connectivity index (χ1) is 54.4. The predicted octanol–water partition coefficient (Wildman–Crippen LogP) is 14.4. The highest BCUT2D eigenvalue weighted by molar-refractivity contribution is 7.92. The summed E-state index contributed by atoms with van der Waals surface area (Å²) in [6.07, 6.45) is 11.8. The lowest BCUT2D eigenvalue weighted by Gasteiger charge is -2.37. The molecule has 0 radical (unpaired) electrons. The van der Waals surface area contributed by atoms with Crippen molar-refractivity contribution in [2.45, 2.75) is 141 Å². The standard InChI is InChI=1S/C23H27N5O2S.C22H25N3O2S.C21H23N3O3S.C21H23N3O2S/c1-17(2)31(29,30)20-10-8-18(9-11-20)21-16-25-22(24)23(26-21)28-14-12-27(13-15-28)19-6-4-3-5-7-19;1-16(2)28(26,27)19-13-11-18(12-14-19)21-15-24-22(23)20(25-21)10-6-9-17-7-4-3-5-8-17;1-14(2)28(26,27)18-9-7-16(8-10-18)20-13-23-21(22)19(24-20)11-6-15-4-3-5-17(25)12-15;1-15(2)27(25,26)18-11-9-17(10-12-18)20-14-23-21(22)19(24-20)13-8-16-6-4-3-5-7-16/h3-11,16-17H,12-15H2,1-2H3,(H2,24,25);3-5,7-8,11-16H,6,9-10H2,1-2H3,(H2,23,24);3-5,7-10,12-14,25H,6,11H2,1-2H3,(H2,22,23);3-7,9-12,14-15H,8,13H2,1-2H3,(H2,22,23). The Labute approximate surface area is 669 Å². The summed E-state index contributed by atoms with van der Waals surface area (Å²) in [5, 5.41) is 7.73. The third kappa shape index (κ3) is 22.0. The molecular formula is C87H98N14O9S4. The topological polar surface area (TPSA) is 370 Å². The Balaban J connectivity index is 0.000000161. The van der Waals surface area contributed by atoms with Crippen LogP contribution in [0.4, 0.5) is 34.8 Å². The van der Waals surface area contributed by atoms with Crippen LogP contribution in [0, 0.1) is 0 Å². The van der Waals surface area contributed by atoms with Crippen LogP contribution in [0.2, 0.25) is 0 Å². The van der Waals surface area contributed by atoms with Gasteiger partial charge in [0, 0.05) is 54.1 Å². The lowest BCUT2D eigenvalue weighted by Crippen LogP contribution is -2.47. The van der Waals surface area contributed by atoms with Gasteiger partial charge < -0.3 is 37.8 Å². The molecule has 1 aliphatic heterocycles. The molecule has 27 heteroatoms. The van der Waals surface area contributed by atoms with E-state index < -0.39 is 60.3 Å². The van der Waals surface area contributed by atoms with Crippen molar-refractivity contribution >= 4 is 74.1 Å². The van der Waals surface area contributed by atoms with Gasteiger partial charge in [0.05, 0.1) is 105 Å². The summed E-state index contributed by atoms with van der Waals surface area (Å²) in [4.78, 5) is 41.5. The fraction of sp³-hybridized carbons (Fsp3) is 0.264. The van der Waals surface area contributed by atoms with Gasteiger partial charge in [0.25, 0.3) is 0 Å². The second-order valence-corrected chi connectivity index (χ2v) is 38.5. The van der Waals surface area contributed by atoms with Crippen molar-refractivity contribution in [1.82, 2.24) is 39.9 Å². The Kier molecular flexibility index (Phi) is 28.6. The molecule has 9 N–H and O–H groups in total. The molecule has 1 saturated heterocycles. The van der Waals surface area contributed by atoms with Gasteiger partial charge in [-0.05, 0) is 190 Å². The summed E-state index contributed by atoms with van der Waals surface area (Å²) in [7, 11) is -13.2. The van der Waals surface area contributed by atoms with E-state index in [0.29, 0.717) is 96.4 Å². The summed E-state index contributed by atoms with van der Waals surface area (Å²) >= 11 is 0. The summed E-state index contributed by atoms with van der Waals surface area (Å²) in [6.45, 7) is 16.7. The maximum absolute atomic E-state index is 12.4. The maximum atomic E-state index is 12.4. The summed E-state index contributed by atoms with van der Waals surface area (Å²) in [6, 6.07) is 64.8. The fourth-order valence-electron chi connectivity index (χ4n) is 12.2. The van der Waals surface area contributed by atoms with Crippen LogP contribution in [-0.4, -0.2) is 126 Å². The van der Waals surface area contributed by atoms with Gasteiger partial charge in [-0.25, -0.2) is 73.5 Å². The normalized spacial score (nSPS) is 12.5. The molecule has 1 fully saturated rings. The molecule has 5 heterocycles. The number of sulfone groups is 4. The molecule has 1 aliphatic rings. The Hall–Kier alpha value is -11.5. The van der Waals surface area contributed by atoms with Gasteiger partial charge in [-0.1, -0.05) is 140 Å². The number of aromatic hydroxyl groups is 1. The number of benzene rings is 8. The SMILES string of the molecule is CC(C)S(=O)(=O)c1ccc(-c2cnc(N)c(CCCc3ccccc3)n2)cc1.CC(C)S(=O)(=O)c1ccc(-c2cnc(N)c(CCc3cccc(O)c3)n2)cc1.CC(C)S(=O)(=O)c1ccc(-c2cnc(N)c(CCc3ccccc3)n2)cc1.CC(C)S(=O)(=O)c1ccc(-c2cnc(N)c(N3CCN(c4ccccc4)CC3)n2)cc1. The number of aryl methyl sites for hydroxylation is 6. The molecule has 12 aromatic rings. The summed E-state index contributed by atoms with van der Waals surface area (Å²) in [5.41, 5.74) is 36.9. The molecule has 594 valence electrons. The van der Waals surface area contributed by atoms with Crippen molar-refractivity contribution in [2.75, 3.05) is 58.9 Å². The van der Waals surface area contributed by atoms with E-state index >= 15 is 0 Å². The molecule has 0 amide bonds. The van der Waals surface area contributed by atoms with E-state index in [4.69, 9.17) is 27.9 Å². The molecule has 8 aromatic carbocycles. The van der Waals surface area contributed by atoms with Crippen LogP contribution in [-0.2, 0) is 77.9 Å². The quantitative estimate of drug-likeness (QED) is 0.0375. The van der Waals surface area contributed by atoms with E-state index in [0.717, 1.165) is 91.1 Å². The Morgan fingerprint density at radius 2 is 0.623 bits per heavy atom. The number of anilines is 6. The minimum Gasteiger partial charge on any atom is -0.508 e. The number of hydrogen-bond acceptors (Lipinski definition) is 23. The number of rotatable bonds is 24. The Morgan fingerprint density at radius 1 is 0.325 bits per heavy atom. The molecule has 23 nitrogen and oxygen atoms in total. The number of phenols is 1. The highest BCUT2D eigenvalue weighted by Gasteiger charge is 2.26. The third-order valence-corrected chi connectivity index (χ3v) is 28.0. The molecule has 4 aromatic heterocycles. The van der Waals surface area contributed by atoms with Crippen LogP contribution in [0.1, 0.15) is 95.6 Å². The molecule has 0 spiro atoms. The first kappa shape index (κ1) is 84.9. The number of piperazine rings is 1. The fourth-order valence-corrected chi connectivity index (χ4v) is 16.4. The van der Waals surface area contributed by atoms with Crippen LogP contribution in [0.15, 0.2) is 257 Å². The van der Waals surface area contributed by atoms with Crippen molar-refractivity contribution in [1.29, 1.82) is 0 Å². The van der Waals surface area contributed by atoms with Crippen LogP contribution in [0.5, 0.6) is 5.75 Å². The largest absolute Gasteiger partial charge is 0.508 e. The molecule has 0 aliphatic carbocycles. The molecule has 0 atom stereocenters. The zero-order valence-electron chi connectivity index (χ0n) is 65.2. The number of aromatic nitrogens is 8. The zero-order valence-corrected chi connectivity index (χ0v) is 68.5. The van der Waals surface area contributed by atoms with Crippen molar-refractivity contribution in [3.8, 4) is 50.8 Å². The van der Waals surface area contributed by atoms with Crippen molar-refractivity contribution < 1.29 is 38.8 Å². The Bertz CT molecular complexity index is 5680. The maximum Gasteiger partial charge on any atom is 0.180 e. The summed E-state index contributed by atoms with van der Waals surface area (Å²) in [5.74, 6) is 2.52. The van der Waals surface area contributed by atoms with E-state index in [1.54, 1.807) is 195 Å².